The molecule has 79 valence electrons. The molecule has 1 aromatic heterocycles. The van der Waals surface area contributed by atoms with Gasteiger partial charge in [-0.05, 0) is 24.3 Å². The molecule has 0 unspecified atom stereocenters. The first-order valence-electron chi connectivity index (χ1n) is 5.47. The van der Waals surface area contributed by atoms with Crippen molar-refractivity contribution < 1.29 is 4.42 Å². The van der Waals surface area contributed by atoms with Gasteiger partial charge >= 0.3 is 11.3 Å². The van der Waals surface area contributed by atoms with E-state index in [0.717, 1.165) is 27.5 Å². The molecule has 0 aliphatic carbocycles. The third-order valence-electron chi connectivity index (χ3n) is 2.71. The highest BCUT2D eigenvalue weighted by molar-refractivity contribution is 6.36. The molecule has 17 heavy (non-hydrogen) atoms. The number of fused-ring (bicyclic) bond motifs is 1. The molecule has 0 aliphatic heterocycles. The van der Waals surface area contributed by atoms with Crippen molar-refractivity contribution in [2.75, 3.05) is 0 Å². The fraction of sp³-hybridized carbons (Fsp3) is 0. The van der Waals surface area contributed by atoms with Crippen LogP contribution in [0.2, 0.25) is 0 Å². The van der Waals surface area contributed by atoms with Crippen LogP contribution in [0.15, 0.2) is 65.1 Å². The van der Waals surface area contributed by atoms with E-state index in [1.54, 1.807) is 0 Å². The highest BCUT2D eigenvalue weighted by Gasteiger charge is 2.17. The Balaban J connectivity index is 2.27. The summed E-state index contributed by atoms with van der Waals surface area (Å²) in [6.07, 6.45) is 0. The van der Waals surface area contributed by atoms with Crippen molar-refractivity contribution in [1.82, 2.24) is 0 Å². The third-order valence-corrected chi connectivity index (χ3v) is 3.08. The van der Waals surface area contributed by atoms with Crippen LogP contribution in [0.1, 0.15) is 0 Å². The topological polar surface area (TPSA) is 11.3 Å². The van der Waals surface area contributed by atoms with Crippen LogP contribution in [0.4, 0.5) is 0 Å². The van der Waals surface area contributed by atoms with Gasteiger partial charge in [-0.25, -0.2) is 4.42 Å². The molecule has 1 nitrogen and oxygen atoms in total. The molecule has 1 heterocycles. The maximum Gasteiger partial charge on any atom is 0.360 e. The predicted molar refractivity (Wildman–Crippen MR) is 71.4 cm³/mol. The summed E-state index contributed by atoms with van der Waals surface area (Å²) < 4.78 is 5.93. The van der Waals surface area contributed by atoms with Crippen LogP contribution in [0, 0.1) is 0 Å². The summed E-state index contributed by atoms with van der Waals surface area (Å²) in [6.45, 7) is 0. The second kappa shape index (κ2) is 4.15. The van der Waals surface area contributed by atoms with Crippen LogP contribution < -0.4 is 5.19 Å². The van der Waals surface area contributed by atoms with Crippen LogP contribution in [0.25, 0.3) is 22.3 Å². The highest BCUT2D eigenvalue weighted by atomic mass is 28.1. The number of para-hydroxylation sites is 1. The number of rotatable bonds is 1. The minimum Gasteiger partial charge on any atom is -0.207 e. The van der Waals surface area contributed by atoms with Gasteiger partial charge in [0.15, 0.2) is 0 Å². The molecule has 3 radical (unpaired) electrons. The standard InChI is InChI=1S/C15H10OSi/c17-14-10-12-8-4-5-9-13(12)16-15(14)11-6-2-1-3-7-11/h1-10H/q+1. The van der Waals surface area contributed by atoms with Crippen molar-refractivity contribution >= 4 is 26.4 Å². The molecule has 3 rings (SSSR count). The summed E-state index contributed by atoms with van der Waals surface area (Å²) >= 11 is 0. The van der Waals surface area contributed by atoms with E-state index in [0.29, 0.717) is 0 Å². The van der Waals surface area contributed by atoms with Crippen LogP contribution >= 0.6 is 0 Å². The fourth-order valence-electron chi connectivity index (χ4n) is 1.88. The SMILES string of the molecule is [Si]c1cc2ccccc2[o+]c1-c1ccccc1. The van der Waals surface area contributed by atoms with Crippen LogP contribution in [0.3, 0.4) is 0 Å². The summed E-state index contributed by atoms with van der Waals surface area (Å²) in [4.78, 5) is 0. The minimum absolute atomic E-state index is 0.862. The van der Waals surface area contributed by atoms with Gasteiger partial charge in [-0.3, -0.25) is 0 Å². The van der Waals surface area contributed by atoms with E-state index in [9.17, 15) is 0 Å². The average Bonchev–Trinajstić information content (AvgIpc) is 2.39. The Labute approximate surface area is 103 Å². The van der Waals surface area contributed by atoms with E-state index in [1.165, 1.54) is 0 Å². The summed E-state index contributed by atoms with van der Waals surface area (Å²) in [6, 6.07) is 20.2. The molecule has 0 bridgehead atoms. The van der Waals surface area contributed by atoms with Crippen LogP contribution in [-0.2, 0) is 0 Å². The lowest BCUT2D eigenvalue weighted by Gasteiger charge is -1.96. The number of hydrogen-bond acceptors (Lipinski definition) is 0. The lowest BCUT2D eigenvalue weighted by molar-refractivity contribution is 0.624. The van der Waals surface area contributed by atoms with Gasteiger partial charge in [0.05, 0.1) is 21.2 Å². The molecule has 0 atom stereocenters. The Hall–Kier alpha value is -1.93. The first kappa shape index (κ1) is 10.2. The fourth-order valence-corrected chi connectivity index (χ4v) is 2.23. The monoisotopic (exact) mass is 234 g/mol. The van der Waals surface area contributed by atoms with Gasteiger partial charge in [-0.2, -0.15) is 0 Å². The van der Waals surface area contributed by atoms with Crippen molar-refractivity contribution in [3.63, 3.8) is 0 Å². The van der Waals surface area contributed by atoms with Crippen molar-refractivity contribution in [2.45, 2.75) is 0 Å². The Morgan fingerprint density at radius 3 is 2.35 bits per heavy atom. The van der Waals surface area contributed by atoms with Gasteiger partial charge < -0.3 is 0 Å². The smallest absolute Gasteiger partial charge is 0.207 e. The Morgan fingerprint density at radius 1 is 0.824 bits per heavy atom. The summed E-state index contributed by atoms with van der Waals surface area (Å²) in [7, 11) is 3.62. The molecule has 0 spiro atoms. The van der Waals surface area contributed by atoms with E-state index in [-0.39, 0.29) is 0 Å². The second-order valence-electron chi connectivity index (χ2n) is 3.89. The molecule has 0 fully saturated rings. The largest absolute Gasteiger partial charge is 0.360 e. The first-order chi connectivity index (χ1) is 8.34. The lowest BCUT2D eigenvalue weighted by atomic mass is 10.1. The molecule has 0 amide bonds. The van der Waals surface area contributed by atoms with Gasteiger partial charge in [0.1, 0.15) is 0 Å². The summed E-state index contributed by atoms with van der Waals surface area (Å²) in [5, 5.41) is 2.06. The molecule has 0 aliphatic rings. The molecule has 2 heteroatoms. The van der Waals surface area contributed by atoms with Crippen LogP contribution in [-0.4, -0.2) is 10.2 Å². The van der Waals surface area contributed by atoms with Gasteiger partial charge in [0, 0.05) is 11.3 Å². The molecular formula is C15H10OSi+. The molecule has 0 N–H and O–H groups in total. The second-order valence-corrected chi connectivity index (χ2v) is 4.43. The lowest BCUT2D eigenvalue weighted by Crippen LogP contribution is -2.06. The van der Waals surface area contributed by atoms with Crippen molar-refractivity contribution in [1.29, 1.82) is 0 Å². The van der Waals surface area contributed by atoms with Crippen molar-refractivity contribution in [3.05, 3.63) is 60.7 Å². The first-order valence-corrected chi connectivity index (χ1v) is 5.97. The zero-order chi connectivity index (χ0) is 11.7. The Bertz CT molecular complexity index is 662. The van der Waals surface area contributed by atoms with Crippen molar-refractivity contribution in [2.24, 2.45) is 0 Å². The Morgan fingerprint density at radius 2 is 1.53 bits per heavy atom. The average molecular weight is 234 g/mol. The molecule has 2 aromatic carbocycles. The van der Waals surface area contributed by atoms with E-state index in [2.05, 4.69) is 16.3 Å². The predicted octanol–water partition coefficient (Wildman–Crippen LogP) is 3.17. The zero-order valence-electron chi connectivity index (χ0n) is 9.18. The normalized spacial score (nSPS) is 10.6. The van der Waals surface area contributed by atoms with E-state index in [1.807, 2.05) is 54.6 Å². The van der Waals surface area contributed by atoms with Crippen LogP contribution in [0.5, 0.6) is 0 Å². The highest BCUT2D eigenvalue weighted by Crippen LogP contribution is 2.21. The Kier molecular flexibility index (Phi) is 2.50. The number of hydrogen-bond donors (Lipinski definition) is 0. The molecule has 0 saturated carbocycles. The zero-order valence-corrected chi connectivity index (χ0v) is 10.2. The van der Waals surface area contributed by atoms with E-state index < -0.39 is 0 Å². The number of benzene rings is 2. The molecule has 0 saturated heterocycles. The van der Waals surface area contributed by atoms with Gasteiger partial charge in [-0.15, -0.1) is 0 Å². The minimum atomic E-state index is 0.862. The van der Waals surface area contributed by atoms with Gasteiger partial charge in [0.25, 0.3) is 0 Å². The summed E-state index contributed by atoms with van der Waals surface area (Å²) in [5.41, 5.74) is 1.97. The van der Waals surface area contributed by atoms with E-state index >= 15 is 0 Å². The maximum absolute atomic E-state index is 5.93. The van der Waals surface area contributed by atoms with Gasteiger partial charge in [-0.1, -0.05) is 30.3 Å². The molecular weight excluding hydrogens is 224 g/mol. The summed E-state index contributed by atoms with van der Waals surface area (Å²) in [5.74, 6) is 0.862. The van der Waals surface area contributed by atoms with Crippen molar-refractivity contribution in [3.8, 4) is 11.3 Å². The van der Waals surface area contributed by atoms with E-state index in [4.69, 9.17) is 4.42 Å². The van der Waals surface area contributed by atoms with Gasteiger partial charge in [0.2, 0.25) is 0 Å². The third kappa shape index (κ3) is 1.87. The molecule has 3 aromatic rings. The quantitative estimate of drug-likeness (QED) is 0.465. The maximum atomic E-state index is 5.93.